The molecule has 0 saturated heterocycles. The summed E-state index contributed by atoms with van der Waals surface area (Å²) < 4.78 is 14.0. The molecule has 0 spiro atoms. The van der Waals surface area contributed by atoms with Crippen molar-refractivity contribution in [2.45, 2.75) is 5.92 Å². The van der Waals surface area contributed by atoms with Crippen LogP contribution in [0.4, 0.5) is 4.39 Å². The average Bonchev–Trinajstić information content (AvgIpc) is 2.38. The summed E-state index contributed by atoms with van der Waals surface area (Å²) in [6.45, 7) is 0. The molecule has 1 amide bonds. The highest BCUT2D eigenvalue weighted by molar-refractivity contribution is 7.80. The number of rotatable bonds is 2. The van der Waals surface area contributed by atoms with Gasteiger partial charge in [-0.15, -0.1) is 0 Å². The largest absolute Gasteiger partial charge is 0.386 e. The number of hydrogen-bond acceptors (Lipinski definition) is 4. The Hall–Kier alpha value is -2.33. The number of carbonyl (C=O) groups excluding carboxylic acids is 1. The summed E-state index contributed by atoms with van der Waals surface area (Å²) in [5.74, 6) is -4.15. The van der Waals surface area contributed by atoms with Crippen molar-refractivity contribution < 1.29 is 9.18 Å². The van der Waals surface area contributed by atoms with Crippen molar-refractivity contribution >= 4 is 28.9 Å². The first-order valence-corrected chi connectivity index (χ1v) is 6.19. The van der Waals surface area contributed by atoms with E-state index in [2.05, 4.69) is 4.99 Å². The molecule has 1 aliphatic rings. The smallest absolute Gasteiger partial charge is 0.228 e. The third-order valence-electron chi connectivity index (χ3n) is 3.25. The molecule has 1 aromatic carbocycles. The van der Waals surface area contributed by atoms with Gasteiger partial charge in [0, 0.05) is 5.92 Å². The molecular formula is C13H11FN4OS. The van der Waals surface area contributed by atoms with Gasteiger partial charge >= 0.3 is 0 Å². The topological polar surface area (TPSA) is 105 Å². The van der Waals surface area contributed by atoms with E-state index in [0.29, 0.717) is 0 Å². The van der Waals surface area contributed by atoms with Crippen LogP contribution < -0.4 is 11.5 Å². The van der Waals surface area contributed by atoms with E-state index in [4.69, 9.17) is 23.7 Å². The molecule has 0 bridgehead atoms. The molecule has 5 nitrogen and oxygen atoms in total. The average molecular weight is 290 g/mol. The molecular weight excluding hydrogens is 279 g/mol. The number of amidine groups is 1. The van der Waals surface area contributed by atoms with Crippen molar-refractivity contribution in [1.29, 1.82) is 5.26 Å². The number of nitriles is 1. The predicted octanol–water partition coefficient (Wildman–Crippen LogP) is 0.849. The van der Waals surface area contributed by atoms with Crippen molar-refractivity contribution in [2.24, 2.45) is 28.3 Å². The molecule has 102 valence electrons. The lowest BCUT2D eigenvalue weighted by molar-refractivity contribution is -0.120. The number of aliphatic imine (C=N–C) groups is 1. The van der Waals surface area contributed by atoms with Crippen LogP contribution in [-0.2, 0) is 4.79 Å². The Balaban J connectivity index is 2.64. The van der Waals surface area contributed by atoms with Gasteiger partial charge in [0.2, 0.25) is 5.91 Å². The molecule has 0 aromatic heterocycles. The standard InChI is InChI=1S/C13H11FN4OS/c14-8-4-2-1-3-6(8)9-7(5-15)11(16)18-13(20)10(9)12(17)19/h1-4,7,9-10H,(H2,17,19)(H2,16,18,20). The van der Waals surface area contributed by atoms with E-state index in [-0.39, 0.29) is 16.4 Å². The second-order valence-corrected chi connectivity index (χ2v) is 4.83. The van der Waals surface area contributed by atoms with E-state index in [1.165, 1.54) is 18.2 Å². The molecule has 0 aliphatic carbocycles. The molecule has 7 heteroatoms. The number of halogens is 1. The summed E-state index contributed by atoms with van der Waals surface area (Å²) in [7, 11) is 0. The van der Waals surface area contributed by atoms with E-state index < -0.39 is 29.5 Å². The first-order valence-electron chi connectivity index (χ1n) is 5.78. The molecule has 4 N–H and O–H groups in total. The molecule has 1 aromatic rings. The van der Waals surface area contributed by atoms with E-state index in [1.54, 1.807) is 6.07 Å². The van der Waals surface area contributed by atoms with Gasteiger partial charge in [-0.05, 0) is 11.6 Å². The van der Waals surface area contributed by atoms with Crippen molar-refractivity contribution in [3.8, 4) is 6.07 Å². The van der Waals surface area contributed by atoms with Crippen LogP contribution in [-0.4, -0.2) is 16.7 Å². The summed E-state index contributed by atoms with van der Waals surface area (Å²) in [4.78, 5) is 15.4. The minimum absolute atomic E-state index is 0.0187. The van der Waals surface area contributed by atoms with Gasteiger partial charge in [-0.25, -0.2) is 9.38 Å². The minimum atomic E-state index is -1.03. The zero-order chi connectivity index (χ0) is 14.9. The Kier molecular flexibility index (Phi) is 3.77. The van der Waals surface area contributed by atoms with Gasteiger partial charge in [-0.2, -0.15) is 5.26 Å². The van der Waals surface area contributed by atoms with Gasteiger partial charge < -0.3 is 11.5 Å². The Bertz CT molecular complexity index is 652. The summed E-state index contributed by atoms with van der Waals surface area (Å²) in [5.41, 5.74) is 11.2. The molecule has 1 heterocycles. The number of primary amides is 1. The number of hydrogen-bond donors (Lipinski definition) is 2. The lowest BCUT2D eigenvalue weighted by Gasteiger charge is -2.31. The van der Waals surface area contributed by atoms with Gasteiger partial charge in [0.1, 0.15) is 22.6 Å². The highest BCUT2D eigenvalue weighted by Crippen LogP contribution is 2.37. The fraction of sp³-hybridized carbons (Fsp3) is 0.231. The van der Waals surface area contributed by atoms with Crippen LogP contribution in [0.1, 0.15) is 11.5 Å². The molecule has 2 rings (SSSR count). The lowest BCUT2D eigenvalue weighted by atomic mass is 9.74. The van der Waals surface area contributed by atoms with Crippen LogP contribution in [0.25, 0.3) is 0 Å². The Morgan fingerprint density at radius 2 is 2.10 bits per heavy atom. The van der Waals surface area contributed by atoms with Crippen LogP contribution in [0.5, 0.6) is 0 Å². The Labute approximate surface area is 120 Å². The quantitative estimate of drug-likeness (QED) is 0.787. The third-order valence-corrected chi connectivity index (χ3v) is 3.60. The second kappa shape index (κ2) is 5.35. The van der Waals surface area contributed by atoms with Crippen LogP contribution in [0.2, 0.25) is 0 Å². The normalized spacial score (nSPS) is 25.7. The molecule has 1 aliphatic heterocycles. The maximum Gasteiger partial charge on any atom is 0.228 e. The number of amides is 1. The number of nitrogens with two attached hydrogens (primary N) is 2. The van der Waals surface area contributed by atoms with Crippen LogP contribution in [0, 0.1) is 29.0 Å². The highest BCUT2D eigenvalue weighted by atomic mass is 32.1. The monoisotopic (exact) mass is 290 g/mol. The van der Waals surface area contributed by atoms with Gasteiger partial charge in [-0.3, -0.25) is 4.79 Å². The van der Waals surface area contributed by atoms with Gasteiger partial charge in [0.05, 0.1) is 12.0 Å². The Morgan fingerprint density at radius 1 is 1.45 bits per heavy atom. The van der Waals surface area contributed by atoms with E-state index in [0.717, 1.165) is 0 Å². The first-order chi connectivity index (χ1) is 9.47. The molecule has 0 fully saturated rings. The first kappa shape index (κ1) is 14.1. The number of carbonyl (C=O) groups is 1. The van der Waals surface area contributed by atoms with Crippen molar-refractivity contribution in [3.63, 3.8) is 0 Å². The number of thiocarbonyl (C=S) groups is 1. The predicted molar refractivity (Wildman–Crippen MR) is 75.1 cm³/mol. The molecule has 0 radical (unpaired) electrons. The van der Waals surface area contributed by atoms with Crippen LogP contribution in [0.15, 0.2) is 29.3 Å². The highest BCUT2D eigenvalue weighted by Gasteiger charge is 2.43. The molecule has 20 heavy (non-hydrogen) atoms. The zero-order valence-electron chi connectivity index (χ0n) is 10.3. The van der Waals surface area contributed by atoms with Crippen LogP contribution in [0.3, 0.4) is 0 Å². The minimum Gasteiger partial charge on any atom is -0.386 e. The van der Waals surface area contributed by atoms with Gasteiger partial charge in [0.25, 0.3) is 0 Å². The summed E-state index contributed by atoms with van der Waals surface area (Å²) in [5, 5.41) is 9.24. The SMILES string of the molecule is N#CC1C(N)=NC(=S)C(C(N)=O)C1c1ccccc1F. The Morgan fingerprint density at radius 3 is 2.65 bits per heavy atom. The van der Waals surface area contributed by atoms with Crippen molar-refractivity contribution in [1.82, 2.24) is 0 Å². The van der Waals surface area contributed by atoms with E-state index >= 15 is 0 Å². The summed E-state index contributed by atoms with van der Waals surface area (Å²) in [6, 6.07) is 7.79. The van der Waals surface area contributed by atoms with Gasteiger partial charge in [-0.1, -0.05) is 30.4 Å². The molecule has 3 unspecified atom stereocenters. The summed E-state index contributed by atoms with van der Waals surface area (Å²) in [6.07, 6.45) is 0. The third kappa shape index (κ3) is 2.26. The molecule has 3 atom stereocenters. The second-order valence-electron chi connectivity index (χ2n) is 4.41. The van der Waals surface area contributed by atoms with Gasteiger partial charge in [0.15, 0.2) is 0 Å². The van der Waals surface area contributed by atoms with E-state index in [9.17, 15) is 14.4 Å². The number of benzene rings is 1. The van der Waals surface area contributed by atoms with E-state index in [1.807, 2.05) is 6.07 Å². The fourth-order valence-electron chi connectivity index (χ4n) is 2.35. The maximum atomic E-state index is 14.0. The van der Waals surface area contributed by atoms with Crippen molar-refractivity contribution in [3.05, 3.63) is 35.6 Å². The number of nitrogens with zero attached hydrogens (tertiary/aromatic N) is 2. The fourth-order valence-corrected chi connectivity index (χ4v) is 2.71. The summed E-state index contributed by atoms with van der Waals surface area (Å²) >= 11 is 5.00. The van der Waals surface area contributed by atoms with Crippen molar-refractivity contribution in [2.75, 3.05) is 0 Å². The maximum absolute atomic E-state index is 14.0. The lowest BCUT2D eigenvalue weighted by Crippen LogP contribution is -2.45. The van der Waals surface area contributed by atoms with Crippen LogP contribution >= 0.6 is 12.2 Å². The molecule has 0 saturated carbocycles. The zero-order valence-corrected chi connectivity index (χ0v) is 11.1.